The van der Waals surface area contributed by atoms with Crippen molar-refractivity contribution in [2.45, 2.75) is 47.0 Å². The molecule has 0 spiro atoms. The van der Waals surface area contributed by atoms with Crippen LogP contribution in [0.25, 0.3) is 17.2 Å². The quantitative estimate of drug-likeness (QED) is 0.656. The molecule has 0 bridgehead atoms. The number of ether oxygens (including phenoxy) is 1. The van der Waals surface area contributed by atoms with Crippen LogP contribution < -0.4 is 4.74 Å². The minimum atomic E-state index is 0.0486. The molecule has 0 fully saturated rings. The number of phenolic OH excluding ortho intramolecular Hbond substituents is 2. The summed E-state index contributed by atoms with van der Waals surface area (Å²) in [4.78, 5) is 0. The van der Waals surface area contributed by atoms with Gasteiger partial charge in [0.1, 0.15) is 5.75 Å². The fourth-order valence-corrected chi connectivity index (χ4v) is 3.12. The zero-order valence-corrected chi connectivity index (χ0v) is 16.6. The summed E-state index contributed by atoms with van der Waals surface area (Å²) in [6, 6.07) is 7.74. The van der Waals surface area contributed by atoms with Gasteiger partial charge in [-0.25, -0.2) is 0 Å². The lowest BCUT2D eigenvalue weighted by Crippen LogP contribution is -2.03. The Morgan fingerprint density at radius 1 is 1.00 bits per heavy atom. The summed E-state index contributed by atoms with van der Waals surface area (Å²) in [6.07, 6.45) is 4.61. The van der Waals surface area contributed by atoms with E-state index in [2.05, 4.69) is 26.8 Å². The van der Waals surface area contributed by atoms with Crippen LogP contribution in [0.3, 0.4) is 0 Å². The summed E-state index contributed by atoms with van der Waals surface area (Å²) >= 11 is 0. The molecule has 0 aromatic heterocycles. The van der Waals surface area contributed by atoms with Crippen LogP contribution >= 0.6 is 0 Å². The number of benzene rings is 2. The zero-order chi connectivity index (χ0) is 19.4. The highest BCUT2D eigenvalue weighted by Gasteiger charge is 2.20. The monoisotopic (exact) mass is 354 g/mol. The van der Waals surface area contributed by atoms with Crippen LogP contribution in [0, 0.1) is 5.92 Å². The molecule has 0 aliphatic carbocycles. The van der Waals surface area contributed by atoms with Gasteiger partial charge in [-0.05, 0) is 60.1 Å². The molecule has 0 aliphatic rings. The summed E-state index contributed by atoms with van der Waals surface area (Å²) in [5.74, 6) is 1.50. The minimum Gasteiger partial charge on any atom is -0.507 e. The van der Waals surface area contributed by atoms with Crippen LogP contribution in [-0.4, -0.2) is 17.3 Å². The predicted octanol–water partition coefficient (Wildman–Crippen LogP) is 6.13. The van der Waals surface area contributed by atoms with Crippen LogP contribution in [-0.2, 0) is 6.42 Å². The number of allylic oxidation sites excluding steroid dienone is 1. The molecule has 2 aromatic rings. The van der Waals surface area contributed by atoms with Gasteiger partial charge in [-0.3, -0.25) is 0 Å². The second-order valence-electron chi connectivity index (χ2n) is 7.08. The Morgan fingerprint density at radius 2 is 1.65 bits per heavy atom. The molecular weight excluding hydrogens is 324 g/mol. The smallest absolute Gasteiger partial charge is 0.165 e. The number of hydrogen-bond donors (Lipinski definition) is 2. The van der Waals surface area contributed by atoms with Crippen LogP contribution in [0.1, 0.15) is 57.2 Å². The molecule has 3 heteroatoms. The molecular formula is C23H30O3. The van der Waals surface area contributed by atoms with Crippen molar-refractivity contribution in [3.63, 3.8) is 0 Å². The van der Waals surface area contributed by atoms with E-state index in [1.165, 1.54) is 12.7 Å². The average Bonchev–Trinajstić information content (AvgIpc) is 2.62. The summed E-state index contributed by atoms with van der Waals surface area (Å²) in [6.45, 7) is 10.5. The van der Waals surface area contributed by atoms with Crippen molar-refractivity contribution in [1.82, 2.24) is 0 Å². The van der Waals surface area contributed by atoms with Gasteiger partial charge in [-0.15, -0.1) is 0 Å². The van der Waals surface area contributed by atoms with Gasteiger partial charge in [0.15, 0.2) is 11.5 Å². The van der Waals surface area contributed by atoms with Crippen molar-refractivity contribution in [1.29, 1.82) is 0 Å². The predicted molar refractivity (Wildman–Crippen MR) is 109 cm³/mol. The molecule has 3 nitrogen and oxygen atoms in total. The van der Waals surface area contributed by atoms with E-state index in [1.807, 2.05) is 38.1 Å². The molecule has 0 radical (unpaired) electrons. The van der Waals surface area contributed by atoms with Gasteiger partial charge < -0.3 is 14.9 Å². The number of hydrogen-bond acceptors (Lipinski definition) is 3. The fraction of sp³-hybridized carbons (Fsp3) is 0.391. The lowest BCUT2D eigenvalue weighted by atomic mass is 9.86. The van der Waals surface area contributed by atoms with Gasteiger partial charge in [0.05, 0.1) is 7.11 Å². The molecule has 0 amide bonds. The number of aromatic hydroxyl groups is 2. The van der Waals surface area contributed by atoms with Crippen molar-refractivity contribution < 1.29 is 14.9 Å². The van der Waals surface area contributed by atoms with Crippen molar-refractivity contribution in [3.8, 4) is 28.4 Å². The largest absolute Gasteiger partial charge is 0.507 e. The van der Waals surface area contributed by atoms with Gasteiger partial charge in [0, 0.05) is 11.1 Å². The Morgan fingerprint density at radius 3 is 2.19 bits per heavy atom. The van der Waals surface area contributed by atoms with E-state index >= 15 is 0 Å². The first-order valence-electron chi connectivity index (χ1n) is 9.23. The van der Waals surface area contributed by atoms with E-state index in [-0.39, 0.29) is 11.5 Å². The molecule has 1 unspecified atom stereocenters. The van der Waals surface area contributed by atoms with Crippen LogP contribution in [0.2, 0.25) is 0 Å². The standard InChI is InChI=1S/C23H30O3/c1-7-9-16-10-19(23(25)21(11-16)26-6)20-13-18(15(5)14(3)4)12-17(8-2)22(20)24/h7,9-15,24-25H,8H2,1-6H3/b9-7+. The van der Waals surface area contributed by atoms with Gasteiger partial charge in [0.2, 0.25) is 0 Å². The number of methoxy groups -OCH3 is 1. The van der Waals surface area contributed by atoms with E-state index in [9.17, 15) is 10.2 Å². The maximum Gasteiger partial charge on any atom is 0.165 e. The fourth-order valence-electron chi connectivity index (χ4n) is 3.12. The second-order valence-corrected chi connectivity index (χ2v) is 7.08. The van der Waals surface area contributed by atoms with E-state index in [4.69, 9.17) is 4.74 Å². The van der Waals surface area contributed by atoms with E-state index in [0.29, 0.717) is 28.7 Å². The first-order valence-corrected chi connectivity index (χ1v) is 9.23. The molecule has 2 N–H and O–H groups in total. The van der Waals surface area contributed by atoms with Crippen molar-refractivity contribution in [3.05, 3.63) is 47.0 Å². The Kier molecular flexibility index (Phi) is 6.36. The summed E-state index contributed by atoms with van der Waals surface area (Å²) in [5, 5.41) is 21.5. The van der Waals surface area contributed by atoms with Gasteiger partial charge in [0.25, 0.3) is 0 Å². The highest BCUT2D eigenvalue weighted by molar-refractivity contribution is 5.81. The van der Waals surface area contributed by atoms with Crippen molar-refractivity contribution >= 4 is 6.08 Å². The molecule has 140 valence electrons. The molecule has 0 saturated carbocycles. The van der Waals surface area contributed by atoms with E-state index < -0.39 is 0 Å². The average molecular weight is 354 g/mol. The highest BCUT2D eigenvalue weighted by Crippen LogP contribution is 2.44. The molecule has 1 atom stereocenters. The third-order valence-corrected chi connectivity index (χ3v) is 5.08. The molecule has 0 aliphatic heterocycles. The maximum atomic E-state index is 10.8. The van der Waals surface area contributed by atoms with Crippen LogP contribution in [0.15, 0.2) is 30.3 Å². The highest BCUT2D eigenvalue weighted by atomic mass is 16.5. The molecule has 0 saturated heterocycles. The number of phenols is 2. The molecule has 2 rings (SSSR count). The van der Waals surface area contributed by atoms with Crippen LogP contribution in [0.4, 0.5) is 0 Å². The lowest BCUT2D eigenvalue weighted by Gasteiger charge is -2.20. The van der Waals surface area contributed by atoms with Crippen molar-refractivity contribution in [2.24, 2.45) is 5.92 Å². The third-order valence-electron chi connectivity index (χ3n) is 5.08. The van der Waals surface area contributed by atoms with Gasteiger partial charge in [-0.2, -0.15) is 0 Å². The van der Waals surface area contributed by atoms with E-state index in [0.717, 1.165) is 17.5 Å². The topological polar surface area (TPSA) is 49.7 Å². The SMILES string of the molecule is C/C=C/c1cc(OC)c(O)c(-c2cc(C(C)C(C)C)cc(CC)c2O)c1. The normalized spacial score (nSPS) is 12.7. The van der Waals surface area contributed by atoms with Crippen LogP contribution in [0.5, 0.6) is 17.2 Å². The summed E-state index contributed by atoms with van der Waals surface area (Å²) in [7, 11) is 1.53. The summed E-state index contributed by atoms with van der Waals surface area (Å²) < 4.78 is 5.34. The van der Waals surface area contributed by atoms with Gasteiger partial charge in [-0.1, -0.05) is 45.9 Å². The molecule has 2 aromatic carbocycles. The Labute approximate surface area is 157 Å². The Balaban J connectivity index is 2.78. The third kappa shape index (κ3) is 3.87. The lowest BCUT2D eigenvalue weighted by molar-refractivity contribution is 0.374. The number of rotatable bonds is 6. The number of aryl methyl sites for hydroxylation is 1. The van der Waals surface area contributed by atoms with Gasteiger partial charge >= 0.3 is 0 Å². The first kappa shape index (κ1) is 19.9. The Hall–Kier alpha value is -2.42. The van der Waals surface area contributed by atoms with Crippen molar-refractivity contribution in [2.75, 3.05) is 7.11 Å². The Bertz CT molecular complexity index is 804. The molecule has 26 heavy (non-hydrogen) atoms. The second kappa shape index (κ2) is 8.31. The minimum absolute atomic E-state index is 0.0486. The maximum absolute atomic E-state index is 10.8. The first-order chi connectivity index (χ1) is 12.3. The van der Waals surface area contributed by atoms with E-state index in [1.54, 1.807) is 6.07 Å². The summed E-state index contributed by atoms with van der Waals surface area (Å²) in [5.41, 5.74) is 4.20. The zero-order valence-electron chi connectivity index (χ0n) is 16.6. The molecule has 0 heterocycles.